The second kappa shape index (κ2) is 10.3. The van der Waals surface area contributed by atoms with E-state index >= 15 is 0 Å². The number of rotatable bonds is 12. The summed E-state index contributed by atoms with van der Waals surface area (Å²) in [5, 5.41) is 0. The van der Waals surface area contributed by atoms with E-state index in [1.807, 2.05) is 0 Å². The van der Waals surface area contributed by atoms with Crippen LogP contribution >= 0.6 is 0 Å². The van der Waals surface area contributed by atoms with Gasteiger partial charge in [-0.25, -0.2) is 0 Å². The Morgan fingerprint density at radius 3 is 1.29 bits per heavy atom. The monoisotopic (exact) mass is 240 g/mol. The lowest BCUT2D eigenvalue weighted by Crippen LogP contribution is -2.34. The molecule has 0 saturated heterocycles. The van der Waals surface area contributed by atoms with Crippen molar-refractivity contribution in [1.82, 2.24) is 0 Å². The van der Waals surface area contributed by atoms with Gasteiger partial charge in [0.1, 0.15) is 0 Å². The van der Waals surface area contributed by atoms with Gasteiger partial charge in [0, 0.05) is 5.41 Å². The summed E-state index contributed by atoms with van der Waals surface area (Å²) in [6.07, 6.45) is 5.20. The molecule has 0 N–H and O–H groups in total. The molecule has 0 atom stereocenters. The molecule has 98 valence electrons. The van der Waals surface area contributed by atoms with Gasteiger partial charge in [-0.3, -0.25) is 0 Å². The highest BCUT2D eigenvalue weighted by molar-refractivity contribution is 4.77. The molecular weight excluding hydrogens is 216 g/mol. The topological polar surface area (TPSA) is 27.7 Å². The van der Waals surface area contributed by atoms with E-state index in [-0.39, 0.29) is 5.41 Å². The highest BCUT2D eigenvalue weighted by atomic mass is 16.5. The van der Waals surface area contributed by atoms with Gasteiger partial charge >= 0.3 is 0 Å². The van der Waals surface area contributed by atoms with Gasteiger partial charge in [-0.15, -0.1) is 19.7 Å². The highest BCUT2D eigenvalue weighted by Gasteiger charge is 2.25. The Morgan fingerprint density at radius 2 is 1.06 bits per heavy atom. The lowest BCUT2D eigenvalue weighted by atomic mass is 9.94. The zero-order valence-electron chi connectivity index (χ0n) is 10.8. The Hall–Kier alpha value is -0.900. The van der Waals surface area contributed by atoms with Crippen LogP contribution in [0.15, 0.2) is 38.0 Å². The summed E-state index contributed by atoms with van der Waals surface area (Å²) < 4.78 is 16.4. The van der Waals surface area contributed by atoms with Gasteiger partial charge in [0.2, 0.25) is 0 Å². The van der Waals surface area contributed by atoms with E-state index in [1.54, 1.807) is 18.2 Å². The lowest BCUT2D eigenvalue weighted by molar-refractivity contribution is -0.0462. The maximum atomic E-state index is 5.48. The van der Waals surface area contributed by atoms with Gasteiger partial charge < -0.3 is 14.2 Å². The van der Waals surface area contributed by atoms with Gasteiger partial charge in [0.15, 0.2) is 0 Å². The van der Waals surface area contributed by atoms with Crippen molar-refractivity contribution >= 4 is 0 Å². The first kappa shape index (κ1) is 16.1. The zero-order chi connectivity index (χ0) is 13.0. The highest BCUT2D eigenvalue weighted by Crippen LogP contribution is 2.18. The minimum absolute atomic E-state index is 0.158. The maximum absolute atomic E-state index is 5.48. The number of hydrogen-bond acceptors (Lipinski definition) is 3. The largest absolute Gasteiger partial charge is 0.377 e. The van der Waals surface area contributed by atoms with Crippen molar-refractivity contribution in [1.29, 1.82) is 0 Å². The summed E-state index contributed by atoms with van der Waals surface area (Å²) in [7, 11) is 0. The predicted octanol–water partition coefficient (Wildman–Crippen LogP) is 2.60. The summed E-state index contributed by atoms with van der Waals surface area (Å²) >= 11 is 0. The minimum Gasteiger partial charge on any atom is -0.377 e. The lowest BCUT2D eigenvalue weighted by Gasteiger charge is -2.28. The first-order chi connectivity index (χ1) is 8.18. The smallest absolute Gasteiger partial charge is 0.0645 e. The van der Waals surface area contributed by atoms with Crippen molar-refractivity contribution in [2.75, 3.05) is 39.6 Å². The fraction of sp³-hybridized carbons (Fsp3) is 0.571. The fourth-order valence-electron chi connectivity index (χ4n) is 1.29. The predicted molar refractivity (Wildman–Crippen MR) is 71.2 cm³/mol. The van der Waals surface area contributed by atoms with E-state index in [4.69, 9.17) is 14.2 Å². The molecule has 3 heteroatoms. The third-order valence-corrected chi connectivity index (χ3v) is 2.06. The standard InChI is InChI=1S/C14H24O3/c1-5-8-15-11-14(4,12-16-9-6-2)13-17-10-7-3/h5-7H,1-3,8-13H2,4H3. The van der Waals surface area contributed by atoms with Crippen LogP contribution in [0.3, 0.4) is 0 Å². The Bertz CT molecular complexity index is 187. The molecule has 0 heterocycles. The first-order valence-corrected chi connectivity index (χ1v) is 5.74. The molecule has 0 amide bonds. The quantitative estimate of drug-likeness (QED) is 0.387. The molecule has 0 aliphatic rings. The van der Waals surface area contributed by atoms with Crippen LogP contribution in [-0.4, -0.2) is 39.6 Å². The van der Waals surface area contributed by atoms with Gasteiger partial charge in [-0.2, -0.15) is 0 Å². The van der Waals surface area contributed by atoms with Crippen LogP contribution in [0.5, 0.6) is 0 Å². The molecule has 17 heavy (non-hydrogen) atoms. The second-order valence-corrected chi connectivity index (χ2v) is 4.22. The summed E-state index contributed by atoms with van der Waals surface area (Å²) in [6.45, 7) is 16.3. The molecule has 0 aromatic carbocycles. The fourth-order valence-corrected chi connectivity index (χ4v) is 1.29. The van der Waals surface area contributed by atoms with E-state index in [0.717, 1.165) is 0 Å². The minimum atomic E-state index is -0.158. The molecule has 0 bridgehead atoms. The van der Waals surface area contributed by atoms with Crippen molar-refractivity contribution in [2.24, 2.45) is 5.41 Å². The van der Waals surface area contributed by atoms with Crippen molar-refractivity contribution in [3.8, 4) is 0 Å². The normalized spacial score (nSPS) is 11.1. The molecule has 0 spiro atoms. The SMILES string of the molecule is C=CCOCC(C)(COCC=C)COCC=C. The van der Waals surface area contributed by atoms with Crippen LogP contribution in [0.4, 0.5) is 0 Å². The van der Waals surface area contributed by atoms with E-state index in [2.05, 4.69) is 26.7 Å². The van der Waals surface area contributed by atoms with Crippen molar-refractivity contribution in [3.63, 3.8) is 0 Å². The molecule has 0 unspecified atom stereocenters. The van der Waals surface area contributed by atoms with Crippen LogP contribution in [0.1, 0.15) is 6.92 Å². The maximum Gasteiger partial charge on any atom is 0.0645 e. The van der Waals surface area contributed by atoms with E-state index in [1.165, 1.54) is 0 Å². The molecule has 0 aromatic rings. The molecule has 0 aromatic heterocycles. The van der Waals surface area contributed by atoms with Crippen LogP contribution < -0.4 is 0 Å². The molecule has 3 nitrogen and oxygen atoms in total. The van der Waals surface area contributed by atoms with Crippen molar-refractivity contribution < 1.29 is 14.2 Å². The van der Waals surface area contributed by atoms with E-state index in [9.17, 15) is 0 Å². The summed E-state index contributed by atoms with van der Waals surface area (Å²) in [5.74, 6) is 0. The summed E-state index contributed by atoms with van der Waals surface area (Å²) in [6, 6.07) is 0. The van der Waals surface area contributed by atoms with Crippen molar-refractivity contribution in [3.05, 3.63) is 38.0 Å². The van der Waals surface area contributed by atoms with Crippen molar-refractivity contribution in [2.45, 2.75) is 6.92 Å². The van der Waals surface area contributed by atoms with Gasteiger partial charge in [-0.05, 0) is 0 Å². The Kier molecular flexibility index (Phi) is 9.72. The average Bonchev–Trinajstić information content (AvgIpc) is 2.30. The van der Waals surface area contributed by atoms with Crippen LogP contribution in [-0.2, 0) is 14.2 Å². The Balaban J connectivity index is 4.07. The molecule has 0 fully saturated rings. The summed E-state index contributed by atoms with van der Waals surface area (Å²) in [4.78, 5) is 0. The van der Waals surface area contributed by atoms with E-state index < -0.39 is 0 Å². The molecule has 0 aliphatic heterocycles. The van der Waals surface area contributed by atoms with Gasteiger partial charge in [0.05, 0.1) is 39.6 Å². The summed E-state index contributed by atoms with van der Waals surface area (Å²) in [5.41, 5.74) is -0.158. The van der Waals surface area contributed by atoms with Gasteiger partial charge in [-0.1, -0.05) is 25.2 Å². The second-order valence-electron chi connectivity index (χ2n) is 4.22. The molecular formula is C14H24O3. The van der Waals surface area contributed by atoms with Crippen LogP contribution in [0.2, 0.25) is 0 Å². The molecule has 0 radical (unpaired) electrons. The number of hydrogen-bond donors (Lipinski definition) is 0. The first-order valence-electron chi connectivity index (χ1n) is 5.74. The third-order valence-electron chi connectivity index (χ3n) is 2.06. The Morgan fingerprint density at radius 1 is 0.765 bits per heavy atom. The zero-order valence-corrected chi connectivity index (χ0v) is 10.8. The molecule has 0 saturated carbocycles. The van der Waals surface area contributed by atoms with E-state index in [0.29, 0.717) is 39.6 Å². The average molecular weight is 240 g/mol. The van der Waals surface area contributed by atoms with Crippen LogP contribution in [0.25, 0.3) is 0 Å². The van der Waals surface area contributed by atoms with Gasteiger partial charge in [0.25, 0.3) is 0 Å². The molecule has 0 rings (SSSR count). The van der Waals surface area contributed by atoms with Crippen LogP contribution in [0, 0.1) is 5.41 Å². The third kappa shape index (κ3) is 8.86. The Labute approximate surface area is 105 Å². The number of ether oxygens (including phenoxy) is 3. The molecule has 0 aliphatic carbocycles.